The lowest BCUT2D eigenvalue weighted by Crippen LogP contribution is -1.97. The summed E-state index contributed by atoms with van der Waals surface area (Å²) in [5, 5.41) is 15.2. The van der Waals surface area contributed by atoms with E-state index in [0.29, 0.717) is 0 Å². The number of rotatable bonds is 2. The number of para-hydroxylation sites is 3. The van der Waals surface area contributed by atoms with Crippen LogP contribution in [0, 0.1) is 13.8 Å². The predicted octanol–water partition coefficient (Wildman–Crippen LogP) is 8.89. The lowest BCUT2D eigenvalue weighted by atomic mass is 9.93. The SMILES string of the molecule is Cc1cc(-c2nnc3c4ccccc4c4ccccc4n23)c(C)cc1-c1cccc2c1oc1ccccc12. The van der Waals surface area contributed by atoms with Gasteiger partial charge in [-0.1, -0.05) is 84.9 Å². The fourth-order valence-corrected chi connectivity index (χ4v) is 5.98. The van der Waals surface area contributed by atoms with Gasteiger partial charge < -0.3 is 4.42 Å². The van der Waals surface area contributed by atoms with Gasteiger partial charge in [0.1, 0.15) is 11.2 Å². The third kappa shape index (κ3) is 2.86. The monoisotopic (exact) mass is 489 g/mol. The van der Waals surface area contributed by atoms with Crippen LogP contribution >= 0.6 is 0 Å². The maximum Gasteiger partial charge on any atom is 0.169 e. The van der Waals surface area contributed by atoms with Gasteiger partial charge in [-0.05, 0) is 54.1 Å². The maximum atomic E-state index is 6.36. The quantitative estimate of drug-likeness (QED) is 0.228. The first-order valence-electron chi connectivity index (χ1n) is 12.9. The molecule has 5 aromatic carbocycles. The molecule has 0 amide bonds. The van der Waals surface area contributed by atoms with Crippen molar-refractivity contribution >= 4 is 49.3 Å². The van der Waals surface area contributed by atoms with Crippen LogP contribution in [-0.4, -0.2) is 14.6 Å². The molecule has 0 aliphatic heterocycles. The van der Waals surface area contributed by atoms with Gasteiger partial charge in [-0.25, -0.2) is 0 Å². The van der Waals surface area contributed by atoms with Crippen molar-refractivity contribution in [2.24, 2.45) is 0 Å². The van der Waals surface area contributed by atoms with Gasteiger partial charge >= 0.3 is 0 Å². The first-order chi connectivity index (χ1) is 18.7. The number of aromatic nitrogens is 3. The van der Waals surface area contributed by atoms with Crippen molar-refractivity contribution in [3.8, 4) is 22.5 Å². The Morgan fingerprint density at radius 3 is 2.08 bits per heavy atom. The normalized spacial score (nSPS) is 11.9. The number of benzene rings is 5. The molecule has 4 heteroatoms. The molecule has 0 spiro atoms. The van der Waals surface area contributed by atoms with Crippen LogP contribution in [0.5, 0.6) is 0 Å². The molecule has 0 aliphatic carbocycles. The average Bonchev–Trinajstić information content (AvgIpc) is 3.57. The standard InChI is InChI=1S/C34H23N3O/c1-20-19-29(21(2)18-28(20)26-15-9-14-25-24-12-6-8-17-31(24)38-32(25)26)34-36-35-33-27-13-4-3-10-22(27)23-11-5-7-16-30(23)37(33)34/h3-19H,1-2H3. The Kier molecular flexibility index (Phi) is 4.32. The third-order valence-electron chi connectivity index (χ3n) is 7.77. The van der Waals surface area contributed by atoms with Crippen molar-refractivity contribution in [2.75, 3.05) is 0 Å². The Labute approximate surface area is 218 Å². The molecule has 3 heterocycles. The lowest BCUT2D eigenvalue weighted by molar-refractivity contribution is 0.670. The number of aryl methyl sites for hydroxylation is 2. The van der Waals surface area contributed by atoms with Crippen molar-refractivity contribution < 1.29 is 4.42 Å². The van der Waals surface area contributed by atoms with Gasteiger partial charge in [0.2, 0.25) is 0 Å². The second kappa shape index (κ2) is 7.77. The van der Waals surface area contributed by atoms with Crippen molar-refractivity contribution in [1.82, 2.24) is 14.6 Å². The van der Waals surface area contributed by atoms with E-state index in [0.717, 1.165) is 61.0 Å². The average molecular weight is 490 g/mol. The van der Waals surface area contributed by atoms with E-state index in [-0.39, 0.29) is 0 Å². The molecule has 8 rings (SSSR count). The van der Waals surface area contributed by atoms with Crippen molar-refractivity contribution in [3.05, 3.63) is 114 Å². The molecule has 0 bridgehead atoms. The van der Waals surface area contributed by atoms with Crippen LogP contribution in [0.2, 0.25) is 0 Å². The van der Waals surface area contributed by atoms with Crippen LogP contribution < -0.4 is 0 Å². The van der Waals surface area contributed by atoms with Crippen molar-refractivity contribution in [3.63, 3.8) is 0 Å². The molecule has 0 N–H and O–H groups in total. The summed E-state index contributed by atoms with van der Waals surface area (Å²) in [7, 11) is 0. The third-order valence-corrected chi connectivity index (χ3v) is 7.77. The number of hydrogen-bond acceptors (Lipinski definition) is 3. The molecule has 8 aromatic rings. The van der Waals surface area contributed by atoms with E-state index in [9.17, 15) is 0 Å². The van der Waals surface area contributed by atoms with Gasteiger partial charge in [0.05, 0.1) is 5.52 Å². The summed E-state index contributed by atoms with van der Waals surface area (Å²) >= 11 is 0. The highest BCUT2D eigenvalue weighted by Gasteiger charge is 2.19. The molecule has 180 valence electrons. The van der Waals surface area contributed by atoms with Gasteiger partial charge in [0, 0.05) is 32.7 Å². The van der Waals surface area contributed by atoms with Crippen molar-refractivity contribution in [1.29, 1.82) is 0 Å². The molecule has 4 nitrogen and oxygen atoms in total. The minimum Gasteiger partial charge on any atom is -0.455 e. The highest BCUT2D eigenvalue weighted by molar-refractivity contribution is 6.12. The molecule has 0 aliphatic rings. The van der Waals surface area contributed by atoms with E-state index in [4.69, 9.17) is 9.52 Å². The zero-order valence-corrected chi connectivity index (χ0v) is 21.1. The Bertz CT molecular complexity index is 2220. The zero-order chi connectivity index (χ0) is 25.4. The summed E-state index contributed by atoms with van der Waals surface area (Å²) in [4.78, 5) is 0. The van der Waals surface area contributed by atoms with Gasteiger partial charge in [-0.15, -0.1) is 10.2 Å². The van der Waals surface area contributed by atoms with E-state index in [1.54, 1.807) is 0 Å². The number of fused-ring (bicyclic) bond motifs is 9. The van der Waals surface area contributed by atoms with Crippen LogP contribution in [0.15, 0.2) is 108 Å². The van der Waals surface area contributed by atoms with E-state index >= 15 is 0 Å². The summed E-state index contributed by atoms with van der Waals surface area (Å²) in [6.45, 7) is 4.32. The second-order valence-corrected chi connectivity index (χ2v) is 10.0. The predicted molar refractivity (Wildman–Crippen MR) is 156 cm³/mol. The maximum absolute atomic E-state index is 6.36. The molecule has 0 atom stereocenters. The largest absolute Gasteiger partial charge is 0.455 e. The Morgan fingerprint density at radius 1 is 0.553 bits per heavy atom. The number of hydrogen-bond donors (Lipinski definition) is 0. The van der Waals surface area contributed by atoms with Crippen molar-refractivity contribution in [2.45, 2.75) is 13.8 Å². The summed E-state index contributed by atoms with van der Waals surface area (Å²) in [6.07, 6.45) is 0. The smallest absolute Gasteiger partial charge is 0.169 e. The van der Waals surface area contributed by atoms with Crippen LogP contribution in [-0.2, 0) is 0 Å². The summed E-state index contributed by atoms with van der Waals surface area (Å²) < 4.78 is 8.56. The first-order valence-corrected chi connectivity index (χ1v) is 12.9. The molecule has 0 radical (unpaired) electrons. The fourth-order valence-electron chi connectivity index (χ4n) is 5.98. The van der Waals surface area contributed by atoms with E-state index in [1.165, 1.54) is 21.9 Å². The van der Waals surface area contributed by atoms with E-state index in [1.807, 2.05) is 12.1 Å². The molecule has 3 aromatic heterocycles. The topological polar surface area (TPSA) is 43.3 Å². The summed E-state index contributed by atoms with van der Waals surface area (Å²) in [5.41, 5.74) is 9.48. The molecule has 0 saturated heterocycles. The minimum absolute atomic E-state index is 0.857. The number of furan rings is 1. The summed E-state index contributed by atoms with van der Waals surface area (Å²) in [6, 6.07) is 36.1. The number of nitrogens with zero attached hydrogens (tertiary/aromatic N) is 3. The van der Waals surface area contributed by atoms with Crippen LogP contribution in [0.1, 0.15) is 11.1 Å². The first kappa shape index (κ1) is 21.2. The second-order valence-electron chi connectivity index (χ2n) is 10.0. The molecular weight excluding hydrogens is 466 g/mol. The molecule has 0 unspecified atom stereocenters. The molecule has 0 saturated carbocycles. The van der Waals surface area contributed by atoms with Gasteiger partial charge in [-0.2, -0.15) is 0 Å². The highest BCUT2D eigenvalue weighted by Crippen LogP contribution is 2.39. The van der Waals surface area contributed by atoms with Crippen LogP contribution in [0.4, 0.5) is 0 Å². The van der Waals surface area contributed by atoms with Gasteiger partial charge in [0.25, 0.3) is 0 Å². The minimum atomic E-state index is 0.857. The van der Waals surface area contributed by atoms with Gasteiger partial charge in [0.15, 0.2) is 11.5 Å². The Morgan fingerprint density at radius 2 is 1.21 bits per heavy atom. The Balaban J connectivity index is 1.38. The Hall–Kier alpha value is -4.96. The van der Waals surface area contributed by atoms with E-state index in [2.05, 4.69) is 114 Å². The number of pyridine rings is 1. The van der Waals surface area contributed by atoms with Crippen LogP contribution in [0.3, 0.4) is 0 Å². The molecular formula is C34H23N3O. The summed E-state index contributed by atoms with van der Waals surface area (Å²) in [5.74, 6) is 0.857. The van der Waals surface area contributed by atoms with Crippen LogP contribution in [0.25, 0.3) is 71.8 Å². The van der Waals surface area contributed by atoms with Gasteiger partial charge in [-0.3, -0.25) is 4.40 Å². The molecule has 0 fully saturated rings. The fraction of sp³-hybridized carbons (Fsp3) is 0.0588. The highest BCUT2D eigenvalue weighted by atomic mass is 16.3. The van der Waals surface area contributed by atoms with E-state index < -0.39 is 0 Å². The molecule has 38 heavy (non-hydrogen) atoms. The lowest BCUT2D eigenvalue weighted by Gasteiger charge is -2.14. The zero-order valence-electron chi connectivity index (χ0n) is 21.1.